The van der Waals surface area contributed by atoms with Crippen molar-refractivity contribution in [3.63, 3.8) is 0 Å². The zero-order chi connectivity index (χ0) is 15.4. The van der Waals surface area contributed by atoms with Crippen molar-refractivity contribution in [2.45, 2.75) is 6.54 Å². The second kappa shape index (κ2) is 6.54. The Hall–Kier alpha value is -2.14. The van der Waals surface area contributed by atoms with Crippen LogP contribution in [0.5, 0.6) is 0 Å². The van der Waals surface area contributed by atoms with Crippen molar-refractivity contribution >= 4 is 23.3 Å². The van der Waals surface area contributed by atoms with E-state index in [4.69, 9.17) is 11.6 Å². The van der Waals surface area contributed by atoms with Crippen molar-refractivity contribution in [3.8, 4) is 0 Å². The first-order chi connectivity index (χ1) is 10.0. The van der Waals surface area contributed by atoms with Gasteiger partial charge in [-0.05, 0) is 36.4 Å². The van der Waals surface area contributed by atoms with E-state index in [0.29, 0.717) is 10.6 Å². The van der Waals surface area contributed by atoms with Crippen LogP contribution in [0.1, 0.15) is 15.9 Å². The summed E-state index contributed by atoms with van der Waals surface area (Å²) in [4.78, 5) is 11.4. The predicted octanol–water partition coefficient (Wildman–Crippen LogP) is 4.02. The van der Waals surface area contributed by atoms with Crippen LogP contribution in [0.4, 0.5) is 14.5 Å². The molecule has 0 bridgehead atoms. The van der Waals surface area contributed by atoms with E-state index < -0.39 is 17.6 Å². The smallest absolute Gasteiger partial charge is 0.337 e. The van der Waals surface area contributed by atoms with E-state index >= 15 is 0 Å². The number of carbonyl (C=O) groups is 1. The van der Waals surface area contributed by atoms with E-state index in [1.54, 1.807) is 0 Å². The summed E-state index contributed by atoms with van der Waals surface area (Å²) in [6.45, 7) is 0.0357. The Morgan fingerprint density at radius 3 is 2.62 bits per heavy atom. The normalized spacial score (nSPS) is 10.3. The molecule has 0 heterocycles. The fraction of sp³-hybridized carbons (Fsp3) is 0.133. The van der Waals surface area contributed by atoms with Crippen molar-refractivity contribution in [3.05, 3.63) is 64.2 Å². The summed E-state index contributed by atoms with van der Waals surface area (Å²) in [5.74, 6) is -1.58. The van der Waals surface area contributed by atoms with E-state index in [9.17, 15) is 13.6 Å². The zero-order valence-corrected chi connectivity index (χ0v) is 11.9. The molecule has 2 aromatic rings. The van der Waals surface area contributed by atoms with Gasteiger partial charge in [-0.2, -0.15) is 0 Å². The molecule has 0 atom stereocenters. The molecule has 21 heavy (non-hydrogen) atoms. The number of esters is 1. The number of nitrogens with one attached hydrogen (secondary N) is 1. The molecular weight excluding hydrogens is 300 g/mol. The molecule has 0 saturated carbocycles. The van der Waals surface area contributed by atoms with Gasteiger partial charge in [-0.3, -0.25) is 0 Å². The Kier molecular flexibility index (Phi) is 4.75. The van der Waals surface area contributed by atoms with Crippen molar-refractivity contribution in [1.82, 2.24) is 0 Å². The van der Waals surface area contributed by atoms with Crippen molar-refractivity contribution in [2.75, 3.05) is 12.4 Å². The fourth-order valence-corrected chi connectivity index (χ4v) is 1.97. The SMILES string of the molecule is COC(=O)c1ccc(F)c(NCc2cc(Cl)ccc2F)c1. The maximum Gasteiger partial charge on any atom is 0.337 e. The van der Waals surface area contributed by atoms with Crippen LogP contribution in [-0.2, 0) is 11.3 Å². The van der Waals surface area contributed by atoms with Gasteiger partial charge in [-0.25, -0.2) is 13.6 Å². The number of rotatable bonds is 4. The average Bonchev–Trinajstić information content (AvgIpc) is 2.48. The van der Waals surface area contributed by atoms with E-state index in [-0.39, 0.29) is 17.8 Å². The highest BCUT2D eigenvalue weighted by Gasteiger charge is 2.10. The van der Waals surface area contributed by atoms with Gasteiger partial charge in [0.25, 0.3) is 0 Å². The zero-order valence-electron chi connectivity index (χ0n) is 11.1. The van der Waals surface area contributed by atoms with Crippen molar-refractivity contribution < 1.29 is 18.3 Å². The summed E-state index contributed by atoms with van der Waals surface area (Å²) in [6, 6.07) is 7.88. The maximum absolute atomic E-state index is 13.7. The van der Waals surface area contributed by atoms with Crippen LogP contribution in [0.15, 0.2) is 36.4 Å². The number of halogens is 3. The molecule has 2 rings (SSSR count). The third kappa shape index (κ3) is 3.70. The molecule has 110 valence electrons. The summed E-state index contributed by atoms with van der Waals surface area (Å²) >= 11 is 5.79. The number of methoxy groups -OCH3 is 1. The highest BCUT2D eigenvalue weighted by molar-refractivity contribution is 6.30. The first kappa shape index (κ1) is 15.3. The standard InChI is InChI=1S/C15H12ClF2NO2/c1-21-15(20)9-2-4-13(18)14(7-9)19-8-10-6-11(16)3-5-12(10)17/h2-7,19H,8H2,1H3. The molecular formula is C15H12ClF2NO2. The van der Waals surface area contributed by atoms with Crippen molar-refractivity contribution in [1.29, 1.82) is 0 Å². The third-order valence-corrected chi connectivity index (χ3v) is 3.10. The lowest BCUT2D eigenvalue weighted by Gasteiger charge is -2.10. The first-order valence-electron chi connectivity index (χ1n) is 6.07. The minimum absolute atomic E-state index is 0.0357. The van der Waals surface area contributed by atoms with Gasteiger partial charge in [-0.1, -0.05) is 11.6 Å². The lowest BCUT2D eigenvalue weighted by atomic mass is 10.1. The number of benzene rings is 2. The molecule has 2 aromatic carbocycles. The van der Waals surface area contributed by atoms with Gasteiger partial charge in [0, 0.05) is 17.1 Å². The van der Waals surface area contributed by atoms with Gasteiger partial charge >= 0.3 is 5.97 Å². The number of hydrogen-bond donors (Lipinski definition) is 1. The lowest BCUT2D eigenvalue weighted by molar-refractivity contribution is 0.0600. The van der Waals surface area contributed by atoms with Gasteiger partial charge in [0.05, 0.1) is 18.4 Å². The molecule has 0 radical (unpaired) electrons. The van der Waals surface area contributed by atoms with Crippen molar-refractivity contribution in [2.24, 2.45) is 0 Å². The Morgan fingerprint density at radius 1 is 1.19 bits per heavy atom. The second-order valence-electron chi connectivity index (χ2n) is 4.28. The highest BCUT2D eigenvalue weighted by Crippen LogP contribution is 2.20. The van der Waals surface area contributed by atoms with Crippen LogP contribution in [0.3, 0.4) is 0 Å². The molecule has 0 saturated heterocycles. The number of hydrogen-bond acceptors (Lipinski definition) is 3. The second-order valence-corrected chi connectivity index (χ2v) is 4.71. The number of anilines is 1. The van der Waals surface area contributed by atoms with Crippen LogP contribution in [-0.4, -0.2) is 13.1 Å². The summed E-state index contributed by atoms with van der Waals surface area (Å²) in [6.07, 6.45) is 0. The van der Waals surface area contributed by atoms with Crippen LogP contribution >= 0.6 is 11.6 Å². The Bertz CT molecular complexity index is 677. The van der Waals surface area contributed by atoms with Crippen LogP contribution in [0.2, 0.25) is 5.02 Å². The lowest BCUT2D eigenvalue weighted by Crippen LogP contribution is -2.06. The van der Waals surface area contributed by atoms with Gasteiger partial charge in [0.2, 0.25) is 0 Å². The minimum atomic E-state index is -0.577. The molecule has 0 amide bonds. The Balaban J connectivity index is 2.19. The molecule has 0 spiro atoms. The number of ether oxygens (including phenoxy) is 1. The minimum Gasteiger partial charge on any atom is -0.465 e. The molecule has 0 aliphatic carbocycles. The van der Waals surface area contributed by atoms with Crippen LogP contribution < -0.4 is 5.32 Å². The summed E-state index contributed by atoms with van der Waals surface area (Å²) < 4.78 is 31.8. The quantitative estimate of drug-likeness (QED) is 0.867. The van der Waals surface area contributed by atoms with Gasteiger partial charge < -0.3 is 10.1 Å². The largest absolute Gasteiger partial charge is 0.465 e. The summed E-state index contributed by atoms with van der Waals surface area (Å²) in [5.41, 5.74) is 0.579. The van der Waals surface area contributed by atoms with Crippen LogP contribution in [0, 0.1) is 11.6 Å². The molecule has 0 unspecified atom stereocenters. The van der Waals surface area contributed by atoms with E-state index in [1.807, 2.05) is 0 Å². The third-order valence-electron chi connectivity index (χ3n) is 2.86. The maximum atomic E-state index is 13.7. The summed E-state index contributed by atoms with van der Waals surface area (Å²) in [5, 5.41) is 3.12. The van der Waals surface area contributed by atoms with E-state index in [1.165, 1.54) is 37.4 Å². The van der Waals surface area contributed by atoms with E-state index in [0.717, 1.165) is 6.07 Å². The van der Waals surface area contributed by atoms with Gasteiger partial charge in [0.15, 0.2) is 0 Å². The Labute approximate surface area is 125 Å². The highest BCUT2D eigenvalue weighted by atomic mass is 35.5. The number of carbonyl (C=O) groups excluding carboxylic acids is 1. The topological polar surface area (TPSA) is 38.3 Å². The first-order valence-corrected chi connectivity index (χ1v) is 6.44. The monoisotopic (exact) mass is 311 g/mol. The fourth-order valence-electron chi connectivity index (χ4n) is 1.77. The average molecular weight is 312 g/mol. The molecule has 1 N–H and O–H groups in total. The Morgan fingerprint density at radius 2 is 1.90 bits per heavy atom. The van der Waals surface area contributed by atoms with E-state index in [2.05, 4.69) is 10.1 Å². The molecule has 3 nitrogen and oxygen atoms in total. The molecule has 0 aromatic heterocycles. The molecule has 0 aliphatic heterocycles. The van der Waals surface area contributed by atoms with Gasteiger partial charge in [-0.15, -0.1) is 0 Å². The molecule has 6 heteroatoms. The predicted molar refractivity (Wildman–Crippen MR) is 76.5 cm³/mol. The molecule has 0 fully saturated rings. The summed E-state index contributed by atoms with van der Waals surface area (Å²) in [7, 11) is 1.24. The molecule has 0 aliphatic rings. The van der Waals surface area contributed by atoms with Crippen LogP contribution in [0.25, 0.3) is 0 Å². The van der Waals surface area contributed by atoms with Gasteiger partial charge in [0.1, 0.15) is 11.6 Å².